The molecule has 0 amide bonds. The first-order valence-corrected chi connectivity index (χ1v) is 9.60. The van der Waals surface area contributed by atoms with Crippen molar-refractivity contribution in [3.8, 4) is 0 Å². The van der Waals surface area contributed by atoms with E-state index in [9.17, 15) is 20.2 Å². The Morgan fingerprint density at radius 3 is 1.97 bits per heavy atom. The first-order valence-electron chi connectivity index (χ1n) is 9.60. The summed E-state index contributed by atoms with van der Waals surface area (Å²) >= 11 is 0. The van der Waals surface area contributed by atoms with Crippen LogP contribution in [0.4, 0.5) is 17.1 Å². The summed E-state index contributed by atoms with van der Waals surface area (Å²) in [5.41, 5.74) is 3.61. The lowest BCUT2D eigenvalue weighted by molar-refractivity contribution is -0.385. The predicted molar refractivity (Wildman–Crippen MR) is 119 cm³/mol. The van der Waals surface area contributed by atoms with Crippen LogP contribution in [0, 0.1) is 20.2 Å². The third kappa shape index (κ3) is 4.48. The third-order valence-corrected chi connectivity index (χ3v) is 5.02. The third-order valence-electron chi connectivity index (χ3n) is 5.02. The second-order valence-corrected chi connectivity index (χ2v) is 7.02. The molecule has 8 nitrogen and oxygen atoms in total. The van der Waals surface area contributed by atoms with Crippen molar-refractivity contribution in [2.24, 2.45) is 5.10 Å². The van der Waals surface area contributed by atoms with Crippen LogP contribution in [0.3, 0.4) is 0 Å². The normalized spacial score (nSPS) is 15.8. The van der Waals surface area contributed by atoms with Gasteiger partial charge in [0.15, 0.2) is 0 Å². The van der Waals surface area contributed by atoms with E-state index in [1.54, 1.807) is 24.3 Å². The second kappa shape index (κ2) is 8.58. The van der Waals surface area contributed by atoms with Crippen LogP contribution in [0.15, 0.2) is 90.0 Å². The molecule has 0 saturated heterocycles. The largest absolute Gasteiger partial charge is 0.269 e. The molecule has 31 heavy (non-hydrogen) atoms. The molecule has 0 radical (unpaired) electrons. The Morgan fingerprint density at radius 1 is 0.806 bits per heavy atom. The maximum Gasteiger partial charge on any atom is 0.269 e. The molecule has 8 heteroatoms. The minimum absolute atomic E-state index is 0.0452. The molecule has 0 unspecified atom stereocenters. The number of nitro benzene ring substituents is 2. The van der Waals surface area contributed by atoms with Gasteiger partial charge in [-0.3, -0.25) is 25.2 Å². The van der Waals surface area contributed by atoms with Crippen LogP contribution in [0.1, 0.15) is 23.6 Å². The minimum atomic E-state index is -0.429. The topological polar surface area (TPSA) is 102 Å². The standard InChI is InChI=1S/C23H18N4O4/c28-26(29)21-12-7-17(8-13-21)6-11-19-16-23(18-9-14-22(15-10-18)27(30)31)25(24-19)20-4-2-1-3-5-20/h1-15,23H,16H2/b11-6+/t23-/m0/s1. The zero-order valence-electron chi connectivity index (χ0n) is 16.4. The van der Waals surface area contributed by atoms with E-state index in [4.69, 9.17) is 5.10 Å². The molecule has 3 aromatic carbocycles. The molecule has 1 atom stereocenters. The summed E-state index contributed by atoms with van der Waals surface area (Å²) in [7, 11) is 0. The number of anilines is 1. The SMILES string of the molecule is O=[N+]([O-])c1ccc(/C=C/C2=NN(c3ccccc3)[C@H](c3ccc([N+](=O)[O-])cc3)C2)cc1. The molecular formula is C23H18N4O4. The number of hydrogen-bond acceptors (Lipinski definition) is 6. The smallest absolute Gasteiger partial charge is 0.258 e. The summed E-state index contributed by atoms with van der Waals surface area (Å²) in [6, 6.07) is 22.5. The number of allylic oxidation sites excluding steroid dienone is 1. The van der Waals surface area contributed by atoms with Gasteiger partial charge in [0.1, 0.15) is 0 Å². The fraction of sp³-hybridized carbons (Fsp3) is 0.0870. The van der Waals surface area contributed by atoms with Crippen LogP contribution in [-0.4, -0.2) is 15.6 Å². The highest BCUT2D eigenvalue weighted by atomic mass is 16.6. The highest BCUT2D eigenvalue weighted by molar-refractivity contribution is 6.01. The first-order chi connectivity index (χ1) is 15.0. The van der Waals surface area contributed by atoms with Crippen LogP contribution in [0.25, 0.3) is 6.08 Å². The van der Waals surface area contributed by atoms with E-state index in [1.807, 2.05) is 47.5 Å². The van der Waals surface area contributed by atoms with Gasteiger partial charge >= 0.3 is 0 Å². The van der Waals surface area contributed by atoms with Gasteiger partial charge in [-0.1, -0.05) is 36.4 Å². The summed E-state index contributed by atoms with van der Waals surface area (Å²) in [6.07, 6.45) is 4.38. The lowest BCUT2D eigenvalue weighted by atomic mass is 10.0. The van der Waals surface area contributed by atoms with E-state index in [1.165, 1.54) is 24.3 Å². The van der Waals surface area contributed by atoms with Gasteiger partial charge in [-0.15, -0.1) is 0 Å². The number of nitrogens with zero attached hydrogens (tertiary/aromatic N) is 4. The monoisotopic (exact) mass is 414 g/mol. The number of benzene rings is 3. The molecule has 0 spiro atoms. The van der Waals surface area contributed by atoms with E-state index in [2.05, 4.69) is 0 Å². The van der Waals surface area contributed by atoms with Gasteiger partial charge in [0, 0.05) is 30.7 Å². The Balaban J connectivity index is 1.60. The Morgan fingerprint density at radius 2 is 1.39 bits per heavy atom. The van der Waals surface area contributed by atoms with Crippen molar-refractivity contribution >= 4 is 28.8 Å². The minimum Gasteiger partial charge on any atom is -0.258 e. The van der Waals surface area contributed by atoms with Crippen LogP contribution in [0.2, 0.25) is 0 Å². The number of nitro groups is 2. The molecule has 1 aliphatic heterocycles. The maximum atomic E-state index is 11.0. The van der Waals surface area contributed by atoms with Crippen LogP contribution in [-0.2, 0) is 0 Å². The molecule has 0 N–H and O–H groups in total. The fourth-order valence-corrected chi connectivity index (χ4v) is 3.43. The number of rotatable bonds is 6. The Labute approximate surface area is 178 Å². The van der Waals surface area contributed by atoms with Crippen molar-refractivity contribution < 1.29 is 9.85 Å². The van der Waals surface area contributed by atoms with Gasteiger partial charge in [0.2, 0.25) is 0 Å². The Kier molecular flexibility index (Phi) is 5.53. The number of hydrazone groups is 1. The van der Waals surface area contributed by atoms with Gasteiger partial charge in [-0.2, -0.15) is 5.10 Å². The molecule has 0 aromatic heterocycles. The van der Waals surface area contributed by atoms with Gasteiger partial charge in [-0.25, -0.2) is 0 Å². The Bertz CT molecular complexity index is 1160. The average molecular weight is 414 g/mol. The highest BCUT2D eigenvalue weighted by Crippen LogP contribution is 2.36. The molecule has 1 heterocycles. The van der Waals surface area contributed by atoms with Crippen molar-refractivity contribution in [2.75, 3.05) is 5.01 Å². The maximum absolute atomic E-state index is 11.0. The van der Waals surface area contributed by atoms with Gasteiger partial charge in [0.25, 0.3) is 11.4 Å². The summed E-state index contributed by atoms with van der Waals surface area (Å²) in [6.45, 7) is 0. The van der Waals surface area contributed by atoms with E-state index in [-0.39, 0.29) is 17.4 Å². The van der Waals surface area contributed by atoms with Crippen LogP contribution in [0.5, 0.6) is 0 Å². The van der Waals surface area contributed by atoms with Crippen molar-refractivity contribution in [3.05, 3.63) is 116 Å². The molecule has 4 rings (SSSR count). The zero-order chi connectivity index (χ0) is 21.8. The summed E-state index contributed by atoms with van der Waals surface area (Å²) in [4.78, 5) is 20.9. The summed E-state index contributed by atoms with van der Waals surface area (Å²) in [5, 5.41) is 28.4. The predicted octanol–water partition coefficient (Wildman–Crippen LogP) is 5.52. The number of hydrogen-bond donors (Lipinski definition) is 0. The molecule has 0 saturated carbocycles. The lowest BCUT2D eigenvalue weighted by Crippen LogP contribution is -2.18. The second-order valence-electron chi connectivity index (χ2n) is 7.02. The molecule has 0 aliphatic carbocycles. The van der Waals surface area contributed by atoms with Crippen molar-refractivity contribution in [3.63, 3.8) is 0 Å². The lowest BCUT2D eigenvalue weighted by Gasteiger charge is -2.23. The first kappa shape index (κ1) is 20.0. The van der Waals surface area contributed by atoms with E-state index >= 15 is 0 Å². The van der Waals surface area contributed by atoms with Crippen LogP contribution >= 0.6 is 0 Å². The average Bonchev–Trinajstić information content (AvgIpc) is 3.23. The van der Waals surface area contributed by atoms with E-state index in [0.717, 1.165) is 22.5 Å². The van der Waals surface area contributed by atoms with Crippen molar-refractivity contribution in [1.82, 2.24) is 0 Å². The molecule has 0 bridgehead atoms. The molecule has 154 valence electrons. The van der Waals surface area contributed by atoms with E-state index in [0.29, 0.717) is 6.42 Å². The number of para-hydroxylation sites is 1. The van der Waals surface area contributed by atoms with Crippen molar-refractivity contribution in [1.29, 1.82) is 0 Å². The molecule has 3 aromatic rings. The number of non-ortho nitro benzene ring substituents is 2. The highest BCUT2D eigenvalue weighted by Gasteiger charge is 2.28. The van der Waals surface area contributed by atoms with Gasteiger partial charge in [0.05, 0.1) is 27.3 Å². The van der Waals surface area contributed by atoms with Crippen LogP contribution < -0.4 is 5.01 Å². The summed E-state index contributed by atoms with van der Waals surface area (Å²) in [5.74, 6) is 0. The molecule has 1 aliphatic rings. The molecule has 0 fully saturated rings. The van der Waals surface area contributed by atoms with Gasteiger partial charge in [-0.05, 0) is 41.5 Å². The van der Waals surface area contributed by atoms with E-state index < -0.39 is 9.85 Å². The van der Waals surface area contributed by atoms with Gasteiger partial charge < -0.3 is 0 Å². The quantitative estimate of drug-likeness (QED) is 0.390. The van der Waals surface area contributed by atoms with Crippen molar-refractivity contribution in [2.45, 2.75) is 12.5 Å². The zero-order valence-corrected chi connectivity index (χ0v) is 16.4. The molecular weight excluding hydrogens is 396 g/mol. The fourth-order valence-electron chi connectivity index (χ4n) is 3.43. The Hall–Kier alpha value is -4.33. The summed E-state index contributed by atoms with van der Waals surface area (Å²) < 4.78 is 0.